The minimum Gasteiger partial charge on any atom is -0.363 e. The summed E-state index contributed by atoms with van der Waals surface area (Å²) >= 11 is 5.51. The van der Waals surface area contributed by atoms with Crippen molar-refractivity contribution in [2.45, 2.75) is 71.1 Å². The van der Waals surface area contributed by atoms with Crippen LogP contribution in [0.25, 0.3) is 0 Å². The van der Waals surface area contributed by atoms with E-state index >= 15 is 0 Å². The van der Waals surface area contributed by atoms with Crippen molar-refractivity contribution in [3.8, 4) is 0 Å². The van der Waals surface area contributed by atoms with Crippen molar-refractivity contribution in [1.29, 1.82) is 0 Å². The second-order valence-corrected chi connectivity index (χ2v) is 9.19. The quantitative estimate of drug-likeness (QED) is 0.698. The number of nitrogens with zero attached hydrogens (tertiary/aromatic N) is 2. The van der Waals surface area contributed by atoms with E-state index in [4.69, 9.17) is 12.2 Å². The number of piperidine rings is 1. The first kappa shape index (κ1) is 22.0. The maximum Gasteiger partial charge on any atom is 0.241 e. The molecule has 0 saturated carbocycles. The van der Waals surface area contributed by atoms with Crippen LogP contribution in [0, 0.1) is 5.92 Å². The summed E-state index contributed by atoms with van der Waals surface area (Å²) in [6.45, 7) is 11.1. The molecule has 1 aromatic carbocycles. The lowest BCUT2D eigenvalue weighted by atomic mass is 9.93. The minimum absolute atomic E-state index is 0.0959. The fourth-order valence-corrected chi connectivity index (χ4v) is 5.08. The highest BCUT2D eigenvalue weighted by atomic mass is 32.1. The molecule has 3 rings (SSSR count). The van der Waals surface area contributed by atoms with Crippen molar-refractivity contribution >= 4 is 23.2 Å². The molecule has 0 radical (unpaired) electrons. The molecular formula is C23H36N4OS. The van der Waals surface area contributed by atoms with Crippen LogP contribution in [0.4, 0.5) is 0 Å². The topological polar surface area (TPSA) is 47.6 Å². The Morgan fingerprint density at radius 1 is 1.24 bits per heavy atom. The molecule has 29 heavy (non-hydrogen) atoms. The molecule has 0 bridgehead atoms. The lowest BCUT2D eigenvalue weighted by Crippen LogP contribution is -2.62. The average Bonchev–Trinajstić information content (AvgIpc) is 3.00. The van der Waals surface area contributed by atoms with Gasteiger partial charge in [-0.1, -0.05) is 44.2 Å². The molecule has 2 saturated heterocycles. The number of thiocarbonyl (C=S) groups is 1. The Kier molecular flexibility index (Phi) is 7.17. The summed E-state index contributed by atoms with van der Waals surface area (Å²) in [6, 6.07) is 10.7. The van der Waals surface area contributed by atoms with Crippen LogP contribution in [-0.4, -0.2) is 58.2 Å². The minimum atomic E-state index is -0.250. The van der Waals surface area contributed by atoms with Gasteiger partial charge in [-0.25, -0.2) is 0 Å². The highest BCUT2D eigenvalue weighted by Gasteiger charge is 2.53. The zero-order chi connectivity index (χ0) is 21.0. The SMILES string of the molecule is CCNC(=S)N1CCC2(CC1)N[C@@H](C(C)C)C(=O)N2[C@@H](C)CCc1ccccc1. The second-order valence-electron chi connectivity index (χ2n) is 8.80. The lowest BCUT2D eigenvalue weighted by Gasteiger charge is -2.47. The molecule has 2 aliphatic heterocycles. The molecule has 0 unspecified atom stereocenters. The number of hydrogen-bond acceptors (Lipinski definition) is 3. The van der Waals surface area contributed by atoms with E-state index in [1.54, 1.807) is 0 Å². The Balaban J connectivity index is 1.73. The Morgan fingerprint density at radius 2 is 1.90 bits per heavy atom. The molecule has 2 heterocycles. The summed E-state index contributed by atoms with van der Waals surface area (Å²) in [5.41, 5.74) is 1.08. The lowest BCUT2D eigenvalue weighted by molar-refractivity contribution is -0.136. The van der Waals surface area contributed by atoms with Gasteiger partial charge in [0, 0.05) is 38.5 Å². The number of carbonyl (C=O) groups is 1. The molecule has 2 N–H and O–H groups in total. The number of aryl methyl sites for hydroxylation is 1. The van der Waals surface area contributed by atoms with Gasteiger partial charge >= 0.3 is 0 Å². The monoisotopic (exact) mass is 416 g/mol. The summed E-state index contributed by atoms with van der Waals surface area (Å²) in [7, 11) is 0. The van der Waals surface area contributed by atoms with E-state index in [0.29, 0.717) is 0 Å². The van der Waals surface area contributed by atoms with E-state index in [0.717, 1.165) is 50.4 Å². The number of carbonyl (C=O) groups excluding carboxylic acids is 1. The van der Waals surface area contributed by atoms with E-state index < -0.39 is 0 Å². The highest BCUT2D eigenvalue weighted by Crippen LogP contribution is 2.36. The van der Waals surface area contributed by atoms with Gasteiger partial charge in [0.05, 0.1) is 11.7 Å². The summed E-state index contributed by atoms with van der Waals surface area (Å²) in [5, 5.41) is 7.85. The number of benzene rings is 1. The summed E-state index contributed by atoms with van der Waals surface area (Å²) in [6.07, 6.45) is 3.78. The van der Waals surface area contributed by atoms with Crippen LogP contribution in [0.5, 0.6) is 0 Å². The van der Waals surface area contributed by atoms with Gasteiger partial charge in [-0.2, -0.15) is 0 Å². The van der Waals surface area contributed by atoms with Gasteiger partial charge in [0.2, 0.25) is 5.91 Å². The molecule has 2 atom stereocenters. The van der Waals surface area contributed by atoms with Crippen LogP contribution in [0.2, 0.25) is 0 Å². The standard InChI is InChI=1S/C23H36N4OS/c1-5-24-22(29)26-15-13-23(14-16-26)25-20(17(2)3)21(28)27(23)18(4)11-12-19-9-7-6-8-10-19/h6-10,17-18,20,25H,5,11-16H2,1-4H3,(H,24,29)/t18-,20-/m0/s1. The molecule has 1 spiro atoms. The van der Waals surface area contributed by atoms with Crippen molar-refractivity contribution in [2.75, 3.05) is 19.6 Å². The third kappa shape index (κ3) is 4.75. The first-order valence-corrected chi connectivity index (χ1v) is 11.5. The van der Waals surface area contributed by atoms with Crippen molar-refractivity contribution in [1.82, 2.24) is 20.4 Å². The van der Waals surface area contributed by atoms with Gasteiger partial charge in [-0.3, -0.25) is 10.1 Å². The molecule has 0 aliphatic carbocycles. The van der Waals surface area contributed by atoms with E-state index in [1.807, 2.05) is 0 Å². The average molecular weight is 417 g/mol. The summed E-state index contributed by atoms with van der Waals surface area (Å²) < 4.78 is 0. The van der Waals surface area contributed by atoms with Gasteiger partial charge in [-0.15, -0.1) is 0 Å². The third-order valence-corrected chi connectivity index (χ3v) is 6.80. The molecule has 2 aliphatic rings. The van der Waals surface area contributed by atoms with Crippen molar-refractivity contribution in [3.63, 3.8) is 0 Å². The van der Waals surface area contributed by atoms with Crippen LogP contribution in [0.3, 0.4) is 0 Å². The van der Waals surface area contributed by atoms with E-state index in [-0.39, 0.29) is 29.6 Å². The smallest absolute Gasteiger partial charge is 0.241 e. The van der Waals surface area contributed by atoms with Gasteiger partial charge in [-0.05, 0) is 50.4 Å². The van der Waals surface area contributed by atoms with E-state index in [2.05, 4.69) is 78.5 Å². The van der Waals surface area contributed by atoms with Gasteiger partial charge in [0.25, 0.3) is 0 Å². The van der Waals surface area contributed by atoms with Gasteiger partial charge in [0.15, 0.2) is 5.11 Å². The molecule has 0 aromatic heterocycles. The number of hydrogen-bond donors (Lipinski definition) is 2. The van der Waals surface area contributed by atoms with Crippen molar-refractivity contribution in [2.24, 2.45) is 5.92 Å². The second kappa shape index (κ2) is 9.43. The number of amides is 1. The molecular weight excluding hydrogens is 380 g/mol. The maximum atomic E-state index is 13.4. The highest BCUT2D eigenvalue weighted by molar-refractivity contribution is 7.80. The number of nitrogens with one attached hydrogen (secondary N) is 2. The van der Waals surface area contributed by atoms with E-state index in [1.165, 1.54) is 5.56 Å². The first-order chi connectivity index (χ1) is 13.9. The Labute approximate surface area is 181 Å². The van der Waals surface area contributed by atoms with Crippen LogP contribution >= 0.6 is 12.2 Å². The maximum absolute atomic E-state index is 13.4. The Hall–Kier alpha value is -1.66. The predicted octanol–water partition coefficient (Wildman–Crippen LogP) is 3.15. The largest absolute Gasteiger partial charge is 0.363 e. The zero-order valence-electron chi connectivity index (χ0n) is 18.3. The summed E-state index contributed by atoms with van der Waals surface area (Å²) in [4.78, 5) is 17.8. The molecule has 1 aromatic rings. The fraction of sp³-hybridized carbons (Fsp3) is 0.652. The third-order valence-electron chi connectivity index (χ3n) is 6.40. The van der Waals surface area contributed by atoms with Crippen LogP contribution in [-0.2, 0) is 11.2 Å². The molecule has 2 fully saturated rings. The van der Waals surface area contributed by atoms with Crippen LogP contribution in [0.15, 0.2) is 30.3 Å². The molecule has 6 heteroatoms. The Morgan fingerprint density at radius 3 is 2.48 bits per heavy atom. The van der Waals surface area contributed by atoms with Gasteiger partial charge < -0.3 is 15.1 Å². The number of likely N-dealkylation sites (tertiary alicyclic amines) is 1. The van der Waals surface area contributed by atoms with Crippen molar-refractivity contribution < 1.29 is 4.79 Å². The normalized spacial score (nSPS) is 22.4. The first-order valence-electron chi connectivity index (χ1n) is 11.1. The van der Waals surface area contributed by atoms with E-state index in [9.17, 15) is 4.79 Å². The molecule has 160 valence electrons. The van der Waals surface area contributed by atoms with Crippen LogP contribution < -0.4 is 10.6 Å². The van der Waals surface area contributed by atoms with Crippen LogP contribution in [0.1, 0.15) is 52.5 Å². The Bertz CT molecular complexity index is 700. The zero-order valence-corrected chi connectivity index (χ0v) is 19.1. The molecule has 1 amide bonds. The molecule has 5 nitrogen and oxygen atoms in total. The summed E-state index contributed by atoms with van der Waals surface area (Å²) in [5.74, 6) is 0.551. The fourth-order valence-electron chi connectivity index (χ4n) is 4.75. The number of rotatable bonds is 6. The van der Waals surface area contributed by atoms with Crippen molar-refractivity contribution in [3.05, 3.63) is 35.9 Å². The predicted molar refractivity (Wildman–Crippen MR) is 123 cm³/mol. The van der Waals surface area contributed by atoms with Gasteiger partial charge in [0.1, 0.15) is 0 Å².